The second-order valence-electron chi connectivity index (χ2n) is 4.18. The van der Waals surface area contributed by atoms with Crippen molar-refractivity contribution in [3.8, 4) is 0 Å². The van der Waals surface area contributed by atoms with Crippen LogP contribution in [0.25, 0.3) is 0 Å². The Morgan fingerprint density at radius 3 is 3.05 bits per heavy atom. The van der Waals surface area contributed by atoms with Gasteiger partial charge in [-0.1, -0.05) is 40.1 Å². The molecule has 1 atom stereocenters. The molecule has 0 saturated carbocycles. The topological polar surface area (TPSA) is 67.9 Å². The fraction of sp³-hybridized carbons (Fsp3) is 0.231. The summed E-state index contributed by atoms with van der Waals surface area (Å²) in [5.74, 6) is 0.456. The van der Waals surface area contributed by atoms with E-state index in [4.69, 9.17) is 26.1 Å². The molecule has 2 aromatic rings. The van der Waals surface area contributed by atoms with Gasteiger partial charge in [0.1, 0.15) is 18.0 Å². The van der Waals surface area contributed by atoms with Crippen LogP contribution in [0.1, 0.15) is 28.7 Å². The lowest BCUT2D eigenvalue weighted by Crippen LogP contribution is -2.17. The fourth-order valence-corrected chi connectivity index (χ4v) is 2.46. The summed E-state index contributed by atoms with van der Waals surface area (Å²) < 4.78 is 10.9. The molecule has 1 aliphatic heterocycles. The summed E-state index contributed by atoms with van der Waals surface area (Å²) in [5, 5.41) is 16.2. The molecule has 0 spiro atoms. The van der Waals surface area contributed by atoms with Crippen molar-refractivity contribution in [1.29, 1.82) is 0 Å². The maximum absolute atomic E-state index is 8.60. The minimum Gasteiger partial charge on any atom is -0.411 e. The largest absolute Gasteiger partial charge is 0.411 e. The van der Waals surface area contributed by atoms with Crippen molar-refractivity contribution >= 4 is 17.8 Å². The van der Waals surface area contributed by atoms with Crippen LogP contribution in [-0.2, 0) is 11.2 Å². The Bertz CT molecular complexity index is 624. The highest BCUT2D eigenvalue weighted by atomic mass is 35.5. The second kappa shape index (κ2) is 5.03. The predicted molar refractivity (Wildman–Crippen MR) is 68.8 cm³/mol. The molecule has 2 heterocycles. The van der Waals surface area contributed by atoms with Gasteiger partial charge in [-0.2, -0.15) is 0 Å². The summed E-state index contributed by atoms with van der Waals surface area (Å²) in [6.07, 6.45) is 1.56. The normalized spacial score (nSPS) is 18.7. The Labute approximate surface area is 114 Å². The lowest BCUT2D eigenvalue weighted by molar-refractivity contribution is 0.0657. The van der Waals surface area contributed by atoms with Crippen molar-refractivity contribution < 1.29 is 14.5 Å². The number of rotatable bonds is 2. The average Bonchev–Trinajstić information content (AvgIpc) is 2.83. The monoisotopic (exact) mass is 278 g/mol. The molecule has 1 N–H and O–H groups in total. The predicted octanol–water partition coefficient (Wildman–Crippen LogP) is 2.80. The molecule has 0 fully saturated rings. The first-order valence-corrected chi connectivity index (χ1v) is 6.21. The van der Waals surface area contributed by atoms with Gasteiger partial charge in [-0.05, 0) is 6.07 Å². The van der Waals surface area contributed by atoms with E-state index in [0.717, 1.165) is 11.1 Å². The molecule has 0 saturated heterocycles. The molecular weight excluding hydrogens is 268 g/mol. The van der Waals surface area contributed by atoms with Gasteiger partial charge in [-0.25, -0.2) is 0 Å². The molecule has 19 heavy (non-hydrogen) atoms. The van der Waals surface area contributed by atoms with E-state index in [-0.39, 0.29) is 6.10 Å². The first kappa shape index (κ1) is 12.2. The Balaban J connectivity index is 2.06. The lowest BCUT2D eigenvalue weighted by Gasteiger charge is -2.22. The fourth-order valence-electron chi connectivity index (χ4n) is 2.23. The third kappa shape index (κ3) is 2.11. The van der Waals surface area contributed by atoms with Crippen LogP contribution in [0.4, 0.5) is 0 Å². The van der Waals surface area contributed by atoms with E-state index in [2.05, 4.69) is 10.3 Å². The van der Waals surface area contributed by atoms with Gasteiger partial charge < -0.3 is 14.5 Å². The molecule has 0 radical (unpaired) electrons. The lowest BCUT2D eigenvalue weighted by atomic mass is 9.98. The summed E-state index contributed by atoms with van der Waals surface area (Å²) >= 11 is 6.19. The molecular formula is C13H11ClN2O3. The summed E-state index contributed by atoms with van der Waals surface area (Å²) in [7, 11) is 0. The van der Waals surface area contributed by atoms with E-state index >= 15 is 0 Å². The van der Waals surface area contributed by atoms with Crippen LogP contribution in [0, 0.1) is 0 Å². The molecule has 0 amide bonds. The van der Waals surface area contributed by atoms with Crippen molar-refractivity contribution in [2.24, 2.45) is 5.16 Å². The first-order chi connectivity index (χ1) is 9.31. The number of oxime groups is 1. The Morgan fingerprint density at radius 2 is 2.26 bits per heavy atom. The molecule has 1 unspecified atom stereocenters. The minimum atomic E-state index is -0.345. The van der Waals surface area contributed by atoms with Crippen molar-refractivity contribution in [2.75, 3.05) is 6.61 Å². The maximum Gasteiger partial charge on any atom is 0.184 e. The SMILES string of the molecule is O/N=C/c1onc2c1CCOC2c1ccccc1Cl. The van der Waals surface area contributed by atoms with Gasteiger partial charge in [0.15, 0.2) is 5.76 Å². The summed E-state index contributed by atoms with van der Waals surface area (Å²) in [4.78, 5) is 0. The molecule has 0 bridgehead atoms. The van der Waals surface area contributed by atoms with Crippen molar-refractivity contribution in [1.82, 2.24) is 5.16 Å². The minimum absolute atomic E-state index is 0.345. The van der Waals surface area contributed by atoms with Crippen LogP contribution in [-0.4, -0.2) is 23.2 Å². The Morgan fingerprint density at radius 1 is 1.42 bits per heavy atom. The van der Waals surface area contributed by atoms with Crippen molar-refractivity contribution in [3.63, 3.8) is 0 Å². The van der Waals surface area contributed by atoms with Gasteiger partial charge in [-0.15, -0.1) is 0 Å². The number of nitrogens with zero attached hydrogens (tertiary/aromatic N) is 2. The van der Waals surface area contributed by atoms with E-state index in [1.54, 1.807) is 0 Å². The highest BCUT2D eigenvalue weighted by Crippen LogP contribution is 2.36. The molecule has 0 aliphatic carbocycles. The van der Waals surface area contributed by atoms with Gasteiger partial charge >= 0.3 is 0 Å². The first-order valence-electron chi connectivity index (χ1n) is 5.83. The number of hydrogen-bond acceptors (Lipinski definition) is 5. The zero-order valence-electron chi connectivity index (χ0n) is 9.91. The van der Waals surface area contributed by atoms with E-state index in [1.807, 2.05) is 24.3 Å². The summed E-state index contributed by atoms with van der Waals surface area (Å²) in [6, 6.07) is 7.47. The van der Waals surface area contributed by atoms with Crippen molar-refractivity contribution in [2.45, 2.75) is 12.5 Å². The third-order valence-electron chi connectivity index (χ3n) is 3.10. The van der Waals surface area contributed by atoms with Gasteiger partial charge in [0.05, 0.1) is 6.61 Å². The highest BCUT2D eigenvalue weighted by molar-refractivity contribution is 6.31. The smallest absolute Gasteiger partial charge is 0.184 e. The summed E-state index contributed by atoms with van der Waals surface area (Å²) in [6.45, 7) is 0.538. The van der Waals surface area contributed by atoms with E-state index in [9.17, 15) is 0 Å². The zero-order valence-corrected chi connectivity index (χ0v) is 10.7. The zero-order chi connectivity index (χ0) is 13.2. The van der Waals surface area contributed by atoms with Gasteiger partial charge in [0.2, 0.25) is 0 Å². The van der Waals surface area contributed by atoms with Gasteiger partial charge in [0.25, 0.3) is 0 Å². The maximum atomic E-state index is 8.60. The summed E-state index contributed by atoms with van der Waals surface area (Å²) in [5.41, 5.74) is 2.44. The quantitative estimate of drug-likeness (QED) is 0.521. The Hall–Kier alpha value is -1.85. The number of fused-ring (bicyclic) bond motifs is 1. The molecule has 6 heteroatoms. The second-order valence-corrected chi connectivity index (χ2v) is 4.58. The van der Waals surface area contributed by atoms with Crippen LogP contribution in [0.3, 0.4) is 0 Å². The van der Waals surface area contributed by atoms with Gasteiger partial charge in [-0.3, -0.25) is 0 Å². The molecule has 1 aromatic heterocycles. The highest BCUT2D eigenvalue weighted by Gasteiger charge is 2.30. The number of hydrogen-bond donors (Lipinski definition) is 1. The number of halogens is 1. The Kier molecular flexibility index (Phi) is 3.23. The molecule has 5 nitrogen and oxygen atoms in total. The van der Waals surface area contributed by atoms with E-state index < -0.39 is 0 Å². The van der Waals surface area contributed by atoms with Crippen LogP contribution in [0.2, 0.25) is 5.02 Å². The van der Waals surface area contributed by atoms with Crippen LogP contribution in [0.15, 0.2) is 33.9 Å². The van der Waals surface area contributed by atoms with Crippen LogP contribution >= 0.6 is 11.6 Å². The standard InChI is InChI=1S/C13H11ClN2O3/c14-10-4-2-1-3-8(10)13-12-9(5-6-18-13)11(7-15-17)19-16-12/h1-4,7,13,17H,5-6H2/b15-7+. The number of aromatic nitrogens is 1. The van der Waals surface area contributed by atoms with Crippen LogP contribution in [0.5, 0.6) is 0 Å². The third-order valence-corrected chi connectivity index (χ3v) is 3.44. The van der Waals surface area contributed by atoms with E-state index in [1.165, 1.54) is 6.21 Å². The van der Waals surface area contributed by atoms with Crippen molar-refractivity contribution in [3.05, 3.63) is 51.9 Å². The molecule has 1 aliphatic rings. The molecule has 3 rings (SSSR count). The number of benzene rings is 1. The van der Waals surface area contributed by atoms with Crippen LogP contribution < -0.4 is 0 Å². The van der Waals surface area contributed by atoms with E-state index in [0.29, 0.717) is 29.5 Å². The van der Waals surface area contributed by atoms with Gasteiger partial charge in [0, 0.05) is 22.6 Å². The molecule has 1 aromatic carbocycles. The average molecular weight is 279 g/mol. The number of ether oxygens (including phenoxy) is 1. The molecule has 98 valence electrons.